The lowest BCUT2D eigenvalue weighted by molar-refractivity contribution is -0.127. The van der Waals surface area contributed by atoms with Gasteiger partial charge < -0.3 is 15.5 Å². The summed E-state index contributed by atoms with van der Waals surface area (Å²) in [5, 5.41) is 0. The number of likely N-dealkylation sites (N-methyl/N-ethyl adjacent to an activating group) is 1. The average Bonchev–Trinajstić information content (AvgIpc) is 3.12. The summed E-state index contributed by atoms with van der Waals surface area (Å²) in [5.41, 5.74) is 10.4. The van der Waals surface area contributed by atoms with E-state index in [1.807, 2.05) is 48.3 Å². The van der Waals surface area contributed by atoms with Crippen LogP contribution in [0.3, 0.4) is 0 Å². The lowest BCUT2D eigenvalue weighted by Crippen LogP contribution is -2.40. The van der Waals surface area contributed by atoms with Gasteiger partial charge in [-0.15, -0.1) is 0 Å². The minimum atomic E-state index is 0.0323. The molecule has 2 heterocycles. The molecule has 2 N–H and O–H groups in total. The summed E-state index contributed by atoms with van der Waals surface area (Å²) in [7, 11) is 1.88. The molecule has 0 spiro atoms. The van der Waals surface area contributed by atoms with Crippen molar-refractivity contribution in [2.45, 2.75) is 25.8 Å². The van der Waals surface area contributed by atoms with Crippen LogP contribution in [0.15, 0.2) is 48.5 Å². The Bertz CT molecular complexity index is 714. The molecule has 0 bridgehead atoms. The number of rotatable bonds is 1. The lowest BCUT2D eigenvalue weighted by Gasteiger charge is -2.25. The van der Waals surface area contributed by atoms with Crippen LogP contribution in [0.1, 0.15) is 17.5 Å². The molecule has 1 fully saturated rings. The topological polar surface area (TPSA) is 49.6 Å². The van der Waals surface area contributed by atoms with Crippen LogP contribution in [-0.2, 0) is 11.2 Å². The lowest BCUT2D eigenvalue weighted by atomic mass is 10.1. The molecule has 4 nitrogen and oxygen atoms in total. The van der Waals surface area contributed by atoms with Crippen LogP contribution < -0.4 is 10.6 Å². The fourth-order valence-electron chi connectivity index (χ4n) is 3.40. The average molecular weight is 323 g/mol. The molecule has 0 aromatic heterocycles. The van der Waals surface area contributed by atoms with Crippen LogP contribution in [0.4, 0.5) is 11.4 Å². The molecule has 24 heavy (non-hydrogen) atoms. The third-order valence-corrected chi connectivity index (χ3v) is 4.75. The van der Waals surface area contributed by atoms with Gasteiger partial charge in [-0.1, -0.05) is 35.9 Å². The zero-order chi connectivity index (χ0) is 17.1. The van der Waals surface area contributed by atoms with Gasteiger partial charge in [0.15, 0.2) is 0 Å². The third-order valence-electron chi connectivity index (χ3n) is 4.75. The number of anilines is 2. The van der Waals surface area contributed by atoms with Crippen molar-refractivity contribution in [2.24, 2.45) is 0 Å². The first kappa shape index (κ1) is 16.4. The van der Waals surface area contributed by atoms with Crippen LogP contribution in [0.5, 0.6) is 0 Å². The standard InChI is InChI=1S/C13H17N3O.C7H8/c1-15-6-5-12(13(15)17)16-7-4-9-8-10(14)2-3-11(9)16;1-7-5-3-2-4-6-7/h2-3,8,12H,4-7,14H2,1H3;2-6H,1H3. The molecule has 1 atom stereocenters. The molecular formula is C20H25N3O. The maximum atomic E-state index is 12.0. The smallest absolute Gasteiger partial charge is 0.245 e. The molecular weight excluding hydrogens is 298 g/mol. The van der Waals surface area contributed by atoms with Crippen molar-refractivity contribution in [1.82, 2.24) is 4.90 Å². The number of nitrogens with zero attached hydrogens (tertiary/aromatic N) is 2. The molecule has 126 valence electrons. The molecule has 0 saturated carbocycles. The monoisotopic (exact) mass is 323 g/mol. The Balaban J connectivity index is 0.000000203. The molecule has 1 amide bonds. The fraction of sp³-hybridized carbons (Fsp3) is 0.350. The van der Waals surface area contributed by atoms with Gasteiger partial charge in [0.25, 0.3) is 0 Å². The van der Waals surface area contributed by atoms with E-state index >= 15 is 0 Å². The number of nitrogen functional groups attached to an aromatic ring is 1. The maximum Gasteiger partial charge on any atom is 0.245 e. The molecule has 2 aliphatic heterocycles. The number of fused-ring (bicyclic) bond motifs is 1. The normalized spacial score (nSPS) is 19.1. The summed E-state index contributed by atoms with van der Waals surface area (Å²) in [6.07, 6.45) is 1.92. The highest BCUT2D eigenvalue weighted by Crippen LogP contribution is 2.33. The first-order chi connectivity index (χ1) is 11.6. The highest BCUT2D eigenvalue weighted by Gasteiger charge is 2.36. The molecule has 2 aromatic carbocycles. The molecule has 0 aliphatic carbocycles. The summed E-state index contributed by atoms with van der Waals surface area (Å²) >= 11 is 0. The summed E-state index contributed by atoms with van der Waals surface area (Å²) in [6.45, 7) is 3.88. The predicted octanol–water partition coefficient (Wildman–Crippen LogP) is 2.86. The summed E-state index contributed by atoms with van der Waals surface area (Å²) < 4.78 is 0. The SMILES string of the molecule is CN1CCC(N2CCc3cc(N)ccc32)C1=O.Cc1ccccc1. The summed E-state index contributed by atoms with van der Waals surface area (Å²) in [4.78, 5) is 16.1. The predicted molar refractivity (Wildman–Crippen MR) is 99.1 cm³/mol. The number of nitrogens with two attached hydrogens (primary N) is 1. The van der Waals surface area contributed by atoms with Crippen molar-refractivity contribution < 1.29 is 4.79 Å². The Hall–Kier alpha value is -2.49. The van der Waals surface area contributed by atoms with Gasteiger partial charge in [-0.2, -0.15) is 0 Å². The molecule has 1 unspecified atom stereocenters. The Morgan fingerprint density at radius 3 is 2.42 bits per heavy atom. The van der Waals surface area contributed by atoms with E-state index in [0.717, 1.165) is 31.6 Å². The minimum Gasteiger partial charge on any atom is -0.399 e. The molecule has 2 aromatic rings. The molecule has 1 saturated heterocycles. The van der Waals surface area contributed by atoms with Gasteiger partial charge in [0, 0.05) is 31.5 Å². The van der Waals surface area contributed by atoms with Crippen LogP contribution in [-0.4, -0.2) is 37.0 Å². The quantitative estimate of drug-likeness (QED) is 0.821. The summed E-state index contributed by atoms with van der Waals surface area (Å²) in [6, 6.07) is 16.3. The maximum absolute atomic E-state index is 12.0. The van der Waals surface area contributed by atoms with Crippen molar-refractivity contribution in [2.75, 3.05) is 30.8 Å². The van der Waals surface area contributed by atoms with E-state index in [4.69, 9.17) is 5.73 Å². The van der Waals surface area contributed by atoms with E-state index in [0.29, 0.717) is 0 Å². The number of carbonyl (C=O) groups excluding carboxylic acids is 1. The number of aryl methyl sites for hydroxylation is 1. The first-order valence-corrected chi connectivity index (χ1v) is 8.48. The van der Waals surface area contributed by atoms with Crippen molar-refractivity contribution in [1.29, 1.82) is 0 Å². The number of benzene rings is 2. The van der Waals surface area contributed by atoms with E-state index in [1.54, 1.807) is 0 Å². The van der Waals surface area contributed by atoms with Gasteiger partial charge >= 0.3 is 0 Å². The van der Waals surface area contributed by atoms with Gasteiger partial charge in [-0.05, 0) is 43.5 Å². The zero-order valence-electron chi connectivity index (χ0n) is 14.4. The van der Waals surface area contributed by atoms with E-state index in [-0.39, 0.29) is 11.9 Å². The van der Waals surface area contributed by atoms with E-state index in [2.05, 4.69) is 24.0 Å². The van der Waals surface area contributed by atoms with E-state index in [9.17, 15) is 4.79 Å². The second kappa shape index (κ2) is 6.95. The van der Waals surface area contributed by atoms with Crippen LogP contribution in [0.2, 0.25) is 0 Å². The molecule has 0 radical (unpaired) electrons. The van der Waals surface area contributed by atoms with Crippen LogP contribution >= 0.6 is 0 Å². The molecule has 2 aliphatic rings. The zero-order valence-corrected chi connectivity index (χ0v) is 14.4. The van der Waals surface area contributed by atoms with Crippen molar-refractivity contribution in [3.8, 4) is 0 Å². The van der Waals surface area contributed by atoms with E-state index in [1.165, 1.54) is 16.8 Å². The number of hydrogen-bond acceptors (Lipinski definition) is 3. The Morgan fingerprint density at radius 1 is 1.08 bits per heavy atom. The second-order valence-electron chi connectivity index (χ2n) is 6.55. The Kier molecular flexibility index (Phi) is 4.74. The number of carbonyl (C=O) groups is 1. The third kappa shape index (κ3) is 3.37. The molecule has 4 rings (SSSR count). The van der Waals surface area contributed by atoms with Crippen LogP contribution in [0, 0.1) is 6.92 Å². The van der Waals surface area contributed by atoms with E-state index < -0.39 is 0 Å². The van der Waals surface area contributed by atoms with Gasteiger partial charge in [-0.25, -0.2) is 0 Å². The fourth-order valence-corrected chi connectivity index (χ4v) is 3.40. The summed E-state index contributed by atoms with van der Waals surface area (Å²) in [5.74, 6) is 0.245. The highest BCUT2D eigenvalue weighted by molar-refractivity contribution is 5.88. The minimum absolute atomic E-state index is 0.0323. The largest absolute Gasteiger partial charge is 0.399 e. The van der Waals surface area contributed by atoms with Gasteiger partial charge in [0.05, 0.1) is 0 Å². The van der Waals surface area contributed by atoms with Crippen molar-refractivity contribution in [3.63, 3.8) is 0 Å². The Morgan fingerprint density at radius 2 is 1.83 bits per heavy atom. The van der Waals surface area contributed by atoms with Crippen molar-refractivity contribution in [3.05, 3.63) is 59.7 Å². The number of amides is 1. The van der Waals surface area contributed by atoms with Gasteiger partial charge in [-0.3, -0.25) is 4.79 Å². The Labute approximate surface area is 143 Å². The highest BCUT2D eigenvalue weighted by atomic mass is 16.2. The van der Waals surface area contributed by atoms with Gasteiger partial charge in [0.1, 0.15) is 6.04 Å². The molecule has 4 heteroatoms. The van der Waals surface area contributed by atoms with Gasteiger partial charge in [0.2, 0.25) is 5.91 Å². The second-order valence-corrected chi connectivity index (χ2v) is 6.55. The van der Waals surface area contributed by atoms with Crippen molar-refractivity contribution >= 4 is 17.3 Å². The number of likely N-dealkylation sites (tertiary alicyclic amines) is 1. The first-order valence-electron chi connectivity index (χ1n) is 8.48. The van der Waals surface area contributed by atoms with Crippen LogP contribution in [0.25, 0.3) is 0 Å². The number of hydrogen-bond donors (Lipinski definition) is 1.